The number of aromatic nitrogens is 2. The van der Waals surface area contributed by atoms with Gasteiger partial charge in [0.05, 0.1) is 12.3 Å². The average molecular weight is 383 g/mol. The number of likely N-dealkylation sites (tertiary alicyclic amines) is 1. The molecule has 4 rings (SSSR count). The van der Waals surface area contributed by atoms with Crippen LogP contribution in [0.4, 0.5) is 8.78 Å². The third-order valence-electron chi connectivity index (χ3n) is 4.90. The van der Waals surface area contributed by atoms with E-state index in [1.807, 2.05) is 0 Å². The van der Waals surface area contributed by atoms with Crippen molar-refractivity contribution in [3.05, 3.63) is 83.1 Å². The second-order valence-electron chi connectivity index (χ2n) is 6.93. The Bertz CT molecular complexity index is 955. The summed E-state index contributed by atoms with van der Waals surface area (Å²) in [6.45, 7) is 1.12. The topological polar surface area (TPSA) is 59.2 Å². The summed E-state index contributed by atoms with van der Waals surface area (Å²) >= 11 is 0. The molecule has 5 nitrogen and oxygen atoms in total. The van der Waals surface area contributed by atoms with Gasteiger partial charge in [-0.1, -0.05) is 12.1 Å². The molecule has 0 N–H and O–H groups in total. The van der Waals surface area contributed by atoms with Gasteiger partial charge in [-0.2, -0.15) is 0 Å². The molecular formula is C21H19F2N3O2. The zero-order chi connectivity index (χ0) is 19.5. The highest BCUT2D eigenvalue weighted by Gasteiger charge is 2.29. The van der Waals surface area contributed by atoms with Crippen molar-refractivity contribution in [1.82, 2.24) is 15.1 Å². The number of amides is 1. The van der Waals surface area contributed by atoms with Crippen molar-refractivity contribution >= 4 is 5.91 Å². The average Bonchev–Trinajstić information content (AvgIpc) is 3.18. The third-order valence-corrected chi connectivity index (χ3v) is 4.90. The molecule has 3 aromatic rings. The zero-order valence-corrected chi connectivity index (χ0v) is 15.1. The Kier molecular flexibility index (Phi) is 5.14. The molecule has 1 aliphatic heterocycles. The van der Waals surface area contributed by atoms with E-state index in [2.05, 4.69) is 10.2 Å². The first-order valence-electron chi connectivity index (χ1n) is 9.20. The molecule has 1 aromatic heterocycles. The highest BCUT2D eigenvalue weighted by atomic mass is 19.1. The SMILES string of the molecule is O=C(c1ccc(F)cc1)N1CCC[C@H](c2nnc(Cc3ccc(F)cc3)o2)C1. The Morgan fingerprint density at radius 2 is 1.71 bits per heavy atom. The van der Waals surface area contributed by atoms with Crippen LogP contribution < -0.4 is 0 Å². The van der Waals surface area contributed by atoms with Crippen LogP contribution in [0.3, 0.4) is 0 Å². The molecule has 28 heavy (non-hydrogen) atoms. The molecule has 2 heterocycles. The van der Waals surface area contributed by atoms with Crippen LogP contribution in [-0.4, -0.2) is 34.1 Å². The molecule has 0 radical (unpaired) electrons. The van der Waals surface area contributed by atoms with E-state index in [4.69, 9.17) is 4.42 Å². The Labute approximate surface area is 161 Å². The van der Waals surface area contributed by atoms with E-state index in [-0.39, 0.29) is 23.5 Å². The molecule has 1 amide bonds. The number of halogens is 2. The molecule has 144 valence electrons. The number of benzene rings is 2. The summed E-state index contributed by atoms with van der Waals surface area (Å²) in [5, 5.41) is 8.24. The van der Waals surface area contributed by atoms with Crippen LogP contribution in [0.15, 0.2) is 52.9 Å². The van der Waals surface area contributed by atoms with Crippen LogP contribution in [0, 0.1) is 11.6 Å². The maximum Gasteiger partial charge on any atom is 0.253 e. The molecule has 0 unspecified atom stereocenters. The molecule has 2 aromatic carbocycles. The minimum atomic E-state index is -0.368. The van der Waals surface area contributed by atoms with Crippen LogP contribution in [0.2, 0.25) is 0 Å². The van der Waals surface area contributed by atoms with Gasteiger partial charge < -0.3 is 9.32 Å². The number of carbonyl (C=O) groups excluding carboxylic acids is 1. The van der Waals surface area contributed by atoms with Gasteiger partial charge in [0, 0.05) is 18.7 Å². The van der Waals surface area contributed by atoms with E-state index in [0.717, 1.165) is 18.4 Å². The van der Waals surface area contributed by atoms with Crippen molar-refractivity contribution in [2.45, 2.75) is 25.2 Å². The highest BCUT2D eigenvalue weighted by molar-refractivity contribution is 5.94. The quantitative estimate of drug-likeness (QED) is 0.684. The number of rotatable bonds is 4. The van der Waals surface area contributed by atoms with Crippen molar-refractivity contribution in [3.63, 3.8) is 0 Å². The van der Waals surface area contributed by atoms with Gasteiger partial charge in [0.25, 0.3) is 5.91 Å². The van der Waals surface area contributed by atoms with Crippen molar-refractivity contribution in [2.75, 3.05) is 13.1 Å². The molecule has 1 aliphatic rings. The maximum absolute atomic E-state index is 13.1. The fourth-order valence-corrected chi connectivity index (χ4v) is 3.42. The fraction of sp³-hybridized carbons (Fsp3) is 0.286. The molecule has 0 spiro atoms. The summed E-state index contributed by atoms with van der Waals surface area (Å²) in [6, 6.07) is 11.7. The molecule has 0 saturated carbocycles. The Morgan fingerprint density at radius 1 is 1.04 bits per heavy atom. The van der Waals surface area contributed by atoms with E-state index < -0.39 is 0 Å². The lowest BCUT2D eigenvalue weighted by atomic mass is 9.97. The standard InChI is InChI=1S/C21H19F2N3O2/c22-17-7-3-14(4-8-17)12-19-24-25-20(28-19)16-2-1-11-26(13-16)21(27)15-5-9-18(23)10-6-15/h3-10,16H,1-2,11-13H2/t16-/m0/s1. The predicted octanol–water partition coefficient (Wildman–Crippen LogP) is 3.96. The number of nitrogens with zero attached hydrogens (tertiary/aromatic N) is 3. The van der Waals surface area contributed by atoms with Crippen LogP contribution in [0.25, 0.3) is 0 Å². The normalized spacial score (nSPS) is 16.9. The summed E-state index contributed by atoms with van der Waals surface area (Å²) in [6.07, 6.45) is 2.11. The van der Waals surface area contributed by atoms with Gasteiger partial charge >= 0.3 is 0 Å². The smallest absolute Gasteiger partial charge is 0.253 e. The molecule has 1 fully saturated rings. The first kappa shape index (κ1) is 18.3. The Hall–Kier alpha value is -3.09. The predicted molar refractivity (Wildman–Crippen MR) is 97.8 cm³/mol. The van der Waals surface area contributed by atoms with Crippen LogP contribution in [-0.2, 0) is 6.42 Å². The second-order valence-corrected chi connectivity index (χ2v) is 6.93. The first-order valence-corrected chi connectivity index (χ1v) is 9.20. The van der Waals surface area contributed by atoms with E-state index in [9.17, 15) is 13.6 Å². The lowest BCUT2D eigenvalue weighted by Crippen LogP contribution is -2.39. The van der Waals surface area contributed by atoms with Gasteiger partial charge in [0.15, 0.2) is 0 Å². The van der Waals surface area contributed by atoms with Gasteiger partial charge in [-0.05, 0) is 54.8 Å². The van der Waals surface area contributed by atoms with Crippen LogP contribution in [0.1, 0.15) is 46.5 Å². The maximum atomic E-state index is 13.1. The first-order chi connectivity index (χ1) is 13.6. The molecule has 0 aliphatic carbocycles. The number of hydrogen-bond acceptors (Lipinski definition) is 4. The van der Waals surface area contributed by atoms with E-state index >= 15 is 0 Å². The van der Waals surface area contributed by atoms with Crippen molar-refractivity contribution in [3.8, 4) is 0 Å². The van der Waals surface area contributed by atoms with Gasteiger partial charge in [0.2, 0.25) is 11.8 Å². The largest absolute Gasteiger partial charge is 0.425 e. The zero-order valence-electron chi connectivity index (χ0n) is 15.1. The van der Waals surface area contributed by atoms with E-state index in [1.54, 1.807) is 17.0 Å². The van der Waals surface area contributed by atoms with Crippen LogP contribution >= 0.6 is 0 Å². The third kappa shape index (κ3) is 4.08. The molecule has 1 atom stereocenters. The van der Waals surface area contributed by atoms with Gasteiger partial charge in [0.1, 0.15) is 11.6 Å². The van der Waals surface area contributed by atoms with Crippen molar-refractivity contribution in [2.24, 2.45) is 0 Å². The molecular weight excluding hydrogens is 364 g/mol. The number of piperidine rings is 1. The summed E-state index contributed by atoms with van der Waals surface area (Å²) in [5.74, 6) is 0.149. The summed E-state index contributed by atoms with van der Waals surface area (Å²) in [7, 11) is 0. The minimum Gasteiger partial charge on any atom is -0.425 e. The Balaban J connectivity index is 1.43. The molecule has 7 heteroatoms. The molecule has 0 bridgehead atoms. The fourth-order valence-electron chi connectivity index (χ4n) is 3.42. The monoisotopic (exact) mass is 383 g/mol. The summed E-state index contributed by atoms with van der Waals surface area (Å²) in [5.41, 5.74) is 1.35. The van der Waals surface area contributed by atoms with Gasteiger partial charge in [-0.3, -0.25) is 4.79 Å². The second kappa shape index (κ2) is 7.88. The minimum absolute atomic E-state index is 0.0346. The van der Waals surface area contributed by atoms with Crippen molar-refractivity contribution in [1.29, 1.82) is 0 Å². The molecule has 1 saturated heterocycles. The summed E-state index contributed by atoms with van der Waals surface area (Å²) < 4.78 is 31.9. The summed E-state index contributed by atoms with van der Waals surface area (Å²) in [4.78, 5) is 14.4. The number of carbonyl (C=O) groups is 1. The lowest BCUT2D eigenvalue weighted by Gasteiger charge is -2.31. The highest BCUT2D eigenvalue weighted by Crippen LogP contribution is 2.27. The van der Waals surface area contributed by atoms with Crippen LogP contribution in [0.5, 0.6) is 0 Å². The van der Waals surface area contributed by atoms with Crippen molar-refractivity contribution < 1.29 is 18.0 Å². The Morgan fingerprint density at radius 3 is 2.43 bits per heavy atom. The lowest BCUT2D eigenvalue weighted by molar-refractivity contribution is 0.0698. The van der Waals surface area contributed by atoms with Gasteiger partial charge in [-0.25, -0.2) is 8.78 Å². The number of hydrogen-bond donors (Lipinski definition) is 0. The van der Waals surface area contributed by atoms with E-state index in [1.165, 1.54) is 36.4 Å². The van der Waals surface area contributed by atoms with E-state index in [0.29, 0.717) is 36.9 Å². The van der Waals surface area contributed by atoms with Gasteiger partial charge in [-0.15, -0.1) is 10.2 Å².